The average molecular weight is 349 g/mol. The minimum Gasteiger partial charge on any atom is -0.491 e. The Bertz CT molecular complexity index is 856. The van der Waals surface area contributed by atoms with Gasteiger partial charge in [0.15, 0.2) is 5.82 Å². The number of ether oxygens (including phenoxy) is 1. The highest BCUT2D eigenvalue weighted by Crippen LogP contribution is 2.26. The van der Waals surface area contributed by atoms with Crippen LogP contribution >= 0.6 is 0 Å². The third-order valence-electron chi connectivity index (χ3n) is 3.53. The van der Waals surface area contributed by atoms with E-state index in [1.807, 2.05) is 43.3 Å². The fraction of sp³-hybridized carbons (Fsp3) is 0.158. The highest BCUT2D eigenvalue weighted by molar-refractivity contribution is 6.00. The molecular weight excluding hydrogens is 330 g/mol. The Morgan fingerprint density at radius 3 is 2.77 bits per heavy atom. The monoisotopic (exact) mass is 349 g/mol. The number of anilines is 2. The maximum absolute atomic E-state index is 12.2. The number of urea groups is 1. The number of carbonyl (C=O) groups is 1. The van der Waals surface area contributed by atoms with Gasteiger partial charge in [-0.05, 0) is 36.8 Å². The van der Waals surface area contributed by atoms with Gasteiger partial charge in [-0.2, -0.15) is 0 Å². The summed E-state index contributed by atoms with van der Waals surface area (Å²) >= 11 is 0. The van der Waals surface area contributed by atoms with E-state index in [1.165, 1.54) is 18.6 Å². The maximum atomic E-state index is 12.2. The molecule has 1 aromatic carbocycles. The zero-order valence-electron chi connectivity index (χ0n) is 14.3. The van der Waals surface area contributed by atoms with E-state index in [4.69, 9.17) is 4.74 Å². The van der Waals surface area contributed by atoms with Crippen molar-refractivity contribution in [3.8, 4) is 5.75 Å². The number of hydrogen-bond acceptors (Lipinski definition) is 5. The number of nitrogens with zero attached hydrogens (tertiary/aromatic N) is 3. The van der Waals surface area contributed by atoms with Gasteiger partial charge in [0.1, 0.15) is 5.75 Å². The first kappa shape index (κ1) is 17.3. The van der Waals surface area contributed by atoms with Crippen LogP contribution in [0.25, 0.3) is 0 Å². The van der Waals surface area contributed by atoms with Gasteiger partial charge in [0.05, 0.1) is 18.5 Å². The number of aromatic nitrogens is 3. The van der Waals surface area contributed by atoms with Crippen LogP contribution in [-0.2, 0) is 6.42 Å². The molecule has 3 aromatic rings. The Hall–Kier alpha value is -3.48. The molecule has 0 atom stereocenters. The third-order valence-corrected chi connectivity index (χ3v) is 3.53. The van der Waals surface area contributed by atoms with E-state index in [0.29, 0.717) is 30.3 Å². The van der Waals surface area contributed by atoms with Crippen molar-refractivity contribution in [1.29, 1.82) is 0 Å². The molecule has 0 spiro atoms. The van der Waals surface area contributed by atoms with Gasteiger partial charge in [0, 0.05) is 30.7 Å². The summed E-state index contributed by atoms with van der Waals surface area (Å²) in [6.07, 6.45) is 6.96. The molecule has 0 radical (unpaired) electrons. The second-order valence-corrected chi connectivity index (χ2v) is 5.59. The molecule has 0 aliphatic rings. The molecule has 0 fully saturated rings. The molecule has 2 amide bonds. The van der Waals surface area contributed by atoms with Crippen LogP contribution in [0.1, 0.15) is 11.3 Å². The van der Waals surface area contributed by atoms with Crippen LogP contribution in [0.15, 0.2) is 61.2 Å². The summed E-state index contributed by atoms with van der Waals surface area (Å²) in [6, 6.07) is 11.0. The van der Waals surface area contributed by atoms with Crippen molar-refractivity contribution >= 4 is 17.5 Å². The molecule has 2 heterocycles. The van der Waals surface area contributed by atoms with E-state index >= 15 is 0 Å². The topological polar surface area (TPSA) is 89.0 Å². The second kappa shape index (κ2) is 8.57. The van der Waals surface area contributed by atoms with E-state index in [-0.39, 0.29) is 0 Å². The van der Waals surface area contributed by atoms with Crippen molar-refractivity contribution in [3.05, 3.63) is 72.4 Å². The van der Waals surface area contributed by atoms with Gasteiger partial charge in [-0.3, -0.25) is 15.3 Å². The molecule has 7 nitrogen and oxygen atoms in total. The summed E-state index contributed by atoms with van der Waals surface area (Å²) < 4.78 is 5.84. The van der Waals surface area contributed by atoms with E-state index in [9.17, 15) is 4.79 Å². The largest absolute Gasteiger partial charge is 0.491 e. The molecule has 0 bridgehead atoms. The summed E-state index contributed by atoms with van der Waals surface area (Å²) in [6.45, 7) is 2.41. The first-order valence-corrected chi connectivity index (χ1v) is 8.18. The minimum atomic E-state index is -0.411. The number of hydrogen-bond donors (Lipinski definition) is 2. The number of aryl methyl sites for hydroxylation is 1. The molecule has 0 unspecified atom stereocenters. The van der Waals surface area contributed by atoms with Crippen molar-refractivity contribution in [2.24, 2.45) is 0 Å². The lowest BCUT2D eigenvalue weighted by Gasteiger charge is -2.13. The zero-order valence-corrected chi connectivity index (χ0v) is 14.3. The molecular formula is C19H19N5O2. The Morgan fingerprint density at radius 2 is 2.00 bits per heavy atom. The van der Waals surface area contributed by atoms with Crippen LogP contribution in [0.3, 0.4) is 0 Å². The summed E-state index contributed by atoms with van der Waals surface area (Å²) in [5.41, 5.74) is 2.55. The number of amides is 2. The van der Waals surface area contributed by atoms with Crippen molar-refractivity contribution in [2.45, 2.75) is 13.3 Å². The molecule has 2 aromatic heterocycles. The summed E-state index contributed by atoms with van der Waals surface area (Å²) in [4.78, 5) is 24.4. The number of carbonyl (C=O) groups excluding carboxylic acids is 1. The third kappa shape index (κ3) is 5.01. The molecule has 0 aliphatic carbocycles. The van der Waals surface area contributed by atoms with Gasteiger partial charge >= 0.3 is 6.03 Å². The molecule has 0 saturated carbocycles. The van der Waals surface area contributed by atoms with Crippen LogP contribution in [0.2, 0.25) is 0 Å². The number of pyridine rings is 1. The first-order chi connectivity index (χ1) is 12.7. The second-order valence-electron chi connectivity index (χ2n) is 5.59. The lowest BCUT2D eigenvalue weighted by molar-refractivity contribution is 0.261. The number of nitrogens with one attached hydrogen (secondary N) is 2. The quantitative estimate of drug-likeness (QED) is 0.711. The maximum Gasteiger partial charge on any atom is 0.324 e. The predicted octanol–water partition coefficient (Wildman–Crippen LogP) is 3.45. The van der Waals surface area contributed by atoms with Crippen LogP contribution in [0, 0.1) is 6.92 Å². The van der Waals surface area contributed by atoms with E-state index in [0.717, 1.165) is 11.3 Å². The lowest BCUT2D eigenvalue weighted by Crippen LogP contribution is -2.20. The molecule has 132 valence electrons. The van der Waals surface area contributed by atoms with Crippen LogP contribution in [-0.4, -0.2) is 27.6 Å². The van der Waals surface area contributed by atoms with Gasteiger partial charge in [-0.15, -0.1) is 0 Å². The molecule has 3 rings (SSSR count). The summed E-state index contributed by atoms with van der Waals surface area (Å²) in [5, 5.41) is 5.42. The first-order valence-electron chi connectivity index (χ1n) is 8.18. The van der Waals surface area contributed by atoms with Crippen molar-refractivity contribution in [1.82, 2.24) is 15.0 Å². The van der Waals surface area contributed by atoms with Crippen molar-refractivity contribution < 1.29 is 9.53 Å². The molecule has 0 aliphatic heterocycles. The predicted molar refractivity (Wildman–Crippen MR) is 99.3 cm³/mol. The van der Waals surface area contributed by atoms with Crippen molar-refractivity contribution in [2.75, 3.05) is 17.2 Å². The van der Waals surface area contributed by atoms with E-state index in [1.54, 1.807) is 6.20 Å². The van der Waals surface area contributed by atoms with Crippen LogP contribution < -0.4 is 15.4 Å². The van der Waals surface area contributed by atoms with Crippen LogP contribution in [0.5, 0.6) is 5.75 Å². The van der Waals surface area contributed by atoms with E-state index < -0.39 is 6.03 Å². The van der Waals surface area contributed by atoms with Gasteiger partial charge in [-0.1, -0.05) is 12.1 Å². The van der Waals surface area contributed by atoms with Gasteiger partial charge in [0.2, 0.25) is 0 Å². The number of rotatable bonds is 6. The Labute approximate surface area is 151 Å². The van der Waals surface area contributed by atoms with Crippen LogP contribution in [0.4, 0.5) is 16.3 Å². The smallest absolute Gasteiger partial charge is 0.324 e. The highest BCUT2D eigenvalue weighted by Gasteiger charge is 2.09. The molecule has 7 heteroatoms. The highest BCUT2D eigenvalue weighted by atomic mass is 16.5. The molecule has 26 heavy (non-hydrogen) atoms. The standard InChI is InChI=1S/C19H19N5O2/c1-14-5-6-17(26-11-7-15-4-2-3-8-21-15)16(12-14)23-19(25)24-18-13-20-9-10-22-18/h2-6,8-10,12-13H,7,11H2,1H3,(H2,22,23,24,25). The summed E-state index contributed by atoms with van der Waals surface area (Å²) in [7, 11) is 0. The van der Waals surface area contributed by atoms with Crippen molar-refractivity contribution in [3.63, 3.8) is 0 Å². The zero-order chi connectivity index (χ0) is 18.2. The van der Waals surface area contributed by atoms with E-state index in [2.05, 4.69) is 25.6 Å². The fourth-order valence-corrected chi connectivity index (χ4v) is 2.31. The normalized spacial score (nSPS) is 10.2. The Kier molecular flexibility index (Phi) is 5.72. The Morgan fingerprint density at radius 1 is 1.08 bits per heavy atom. The SMILES string of the molecule is Cc1ccc(OCCc2ccccn2)c(NC(=O)Nc2cnccn2)c1. The average Bonchev–Trinajstić information content (AvgIpc) is 2.65. The molecule has 0 saturated heterocycles. The Balaban J connectivity index is 1.62. The molecule has 2 N–H and O–H groups in total. The summed E-state index contributed by atoms with van der Waals surface area (Å²) in [5.74, 6) is 0.969. The number of benzene rings is 1. The lowest BCUT2D eigenvalue weighted by atomic mass is 10.2. The fourth-order valence-electron chi connectivity index (χ4n) is 2.31. The van der Waals surface area contributed by atoms with Gasteiger partial charge in [-0.25, -0.2) is 9.78 Å². The minimum absolute atomic E-state index is 0.371. The van der Waals surface area contributed by atoms with Gasteiger partial charge < -0.3 is 10.1 Å². The van der Waals surface area contributed by atoms with Gasteiger partial charge in [0.25, 0.3) is 0 Å².